The molecule has 0 amide bonds. The summed E-state index contributed by atoms with van der Waals surface area (Å²) in [5.74, 6) is 2.26. The highest BCUT2D eigenvalue weighted by Crippen LogP contribution is 2.38. The second-order valence-corrected chi connectivity index (χ2v) is 13.3. The van der Waals surface area contributed by atoms with E-state index in [1.54, 1.807) is 6.08 Å². The summed E-state index contributed by atoms with van der Waals surface area (Å²) in [5.41, 5.74) is 0.263. The molecule has 0 aliphatic heterocycles. The van der Waals surface area contributed by atoms with Crippen molar-refractivity contribution in [1.82, 2.24) is 0 Å². The van der Waals surface area contributed by atoms with Gasteiger partial charge in [-0.3, -0.25) is 4.79 Å². The van der Waals surface area contributed by atoms with Gasteiger partial charge in [-0.15, -0.1) is 0 Å². The SMILES string of the molecule is CCCCCCCC[C@@]1(O[Si](C)(C)C)C=CC(=O)C1=CCCCCC(=C=O)OC. The maximum absolute atomic E-state index is 12.6. The third-order valence-corrected chi connectivity index (χ3v) is 6.16. The molecule has 1 rings (SSSR count). The Balaban J connectivity index is 2.76. The summed E-state index contributed by atoms with van der Waals surface area (Å²) in [6, 6.07) is 0. The van der Waals surface area contributed by atoms with Crippen molar-refractivity contribution in [2.45, 2.75) is 103 Å². The molecule has 0 heterocycles. The van der Waals surface area contributed by atoms with E-state index in [0.29, 0.717) is 12.2 Å². The van der Waals surface area contributed by atoms with Crippen LogP contribution in [0.1, 0.15) is 77.6 Å². The van der Waals surface area contributed by atoms with Gasteiger partial charge in [0.15, 0.2) is 25.8 Å². The van der Waals surface area contributed by atoms with E-state index >= 15 is 0 Å². The first-order chi connectivity index (χ1) is 13.8. The Labute approximate surface area is 178 Å². The Hall–Kier alpha value is -1.42. The first kappa shape index (κ1) is 25.6. The third-order valence-electron chi connectivity index (χ3n) is 5.18. The Morgan fingerprint density at radius 1 is 1.10 bits per heavy atom. The molecule has 0 fully saturated rings. The van der Waals surface area contributed by atoms with E-state index in [0.717, 1.165) is 37.7 Å². The Morgan fingerprint density at radius 2 is 1.79 bits per heavy atom. The van der Waals surface area contributed by atoms with Crippen molar-refractivity contribution in [2.24, 2.45) is 0 Å². The number of ether oxygens (including phenoxy) is 1. The van der Waals surface area contributed by atoms with E-state index in [4.69, 9.17) is 9.16 Å². The first-order valence-electron chi connectivity index (χ1n) is 11.2. The van der Waals surface area contributed by atoms with Gasteiger partial charge in [0.2, 0.25) is 0 Å². The highest BCUT2D eigenvalue weighted by atomic mass is 28.4. The van der Waals surface area contributed by atoms with Crippen LogP contribution in [0.15, 0.2) is 29.6 Å². The molecule has 1 atom stereocenters. The predicted octanol–water partition coefficient (Wildman–Crippen LogP) is 6.31. The summed E-state index contributed by atoms with van der Waals surface area (Å²) in [7, 11) is -0.338. The van der Waals surface area contributed by atoms with Crippen molar-refractivity contribution < 1.29 is 18.8 Å². The van der Waals surface area contributed by atoms with Crippen LogP contribution in [0.25, 0.3) is 0 Å². The van der Waals surface area contributed by atoms with Crippen LogP contribution >= 0.6 is 0 Å². The van der Waals surface area contributed by atoms with Crippen molar-refractivity contribution in [3.63, 3.8) is 0 Å². The predicted molar refractivity (Wildman–Crippen MR) is 122 cm³/mol. The Bertz CT molecular complexity index is 623. The number of rotatable bonds is 15. The zero-order chi connectivity index (χ0) is 21.8. The highest BCUT2D eigenvalue weighted by Gasteiger charge is 2.42. The molecule has 0 unspecified atom stereocenters. The first-order valence-corrected chi connectivity index (χ1v) is 14.6. The van der Waals surface area contributed by atoms with Gasteiger partial charge in [0.05, 0.1) is 7.11 Å². The van der Waals surface area contributed by atoms with Gasteiger partial charge in [-0.2, -0.15) is 0 Å². The van der Waals surface area contributed by atoms with E-state index in [9.17, 15) is 9.59 Å². The molecule has 0 spiro atoms. The van der Waals surface area contributed by atoms with Crippen LogP contribution in [0.4, 0.5) is 0 Å². The van der Waals surface area contributed by atoms with Crippen molar-refractivity contribution in [1.29, 1.82) is 0 Å². The van der Waals surface area contributed by atoms with Gasteiger partial charge in [0.25, 0.3) is 0 Å². The number of ketones is 1. The second-order valence-electron chi connectivity index (χ2n) is 8.91. The second kappa shape index (κ2) is 13.0. The lowest BCUT2D eigenvalue weighted by molar-refractivity contribution is -0.112. The van der Waals surface area contributed by atoms with E-state index in [1.165, 1.54) is 39.2 Å². The number of carbonyl (C=O) groups is 1. The Kier molecular flexibility index (Phi) is 11.5. The van der Waals surface area contributed by atoms with Crippen molar-refractivity contribution in [3.8, 4) is 0 Å². The minimum absolute atomic E-state index is 0.0830. The monoisotopic (exact) mass is 420 g/mol. The van der Waals surface area contributed by atoms with Crippen LogP contribution in [-0.4, -0.2) is 32.8 Å². The lowest BCUT2D eigenvalue weighted by Gasteiger charge is -2.36. The lowest BCUT2D eigenvalue weighted by Crippen LogP contribution is -2.42. The number of allylic oxidation sites excluding steroid dienone is 3. The topological polar surface area (TPSA) is 52.6 Å². The number of unbranched alkanes of at least 4 members (excludes halogenated alkanes) is 7. The molecule has 29 heavy (non-hydrogen) atoms. The number of hydrogen-bond acceptors (Lipinski definition) is 4. The fraction of sp³-hybridized carbons (Fsp3) is 0.708. The molecule has 1 aliphatic carbocycles. The molecule has 0 saturated heterocycles. The molecule has 0 N–H and O–H groups in total. The lowest BCUT2D eigenvalue weighted by atomic mass is 9.89. The fourth-order valence-corrected chi connectivity index (χ4v) is 5.19. The van der Waals surface area contributed by atoms with Gasteiger partial charge in [0, 0.05) is 12.0 Å². The van der Waals surface area contributed by atoms with E-state index in [2.05, 4.69) is 32.6 Å². The van der Waals surface area contributed by atoms with Crippen LogP contribution in [0.2, 0.25) is 19.6 Å². The summed E-state index contributed by atoms with van der Waals surface area (Å²) >= 11 is 0. The summed E-state index contributed by atoms with van der Waals surface area (Å²) in [6.45, 7) is 8.78. The maximum Gasteiger partial charge on any atom is 0.185 e. The molecule has 0 aromatic carbocycles. The van der Waals surface area contributed by atoms with Crippen LogP contribution in [0, 0.1) is 0 Å². The van der Waals surface area contributed by atoms with Crippen molar-refractivity contribution >= 4 is 20.0 Å². The molecular weight excluding hydrogens is 380 g/mol. The largest absolute Gasteiger partial charge is 0.490 e. The standard InChI is InChI=1S/C24H40O4Si/c1-6-7-8-9-10-14-18-24(28-29(3,4)5)19-17-23(26)22(24)16-13-11-12-15-21(20-25)27-2/h16-17,19H,6-15,18H2,1-5H3/t24-/m1/s1. The molecule has 0 bridgehead atoms. The molecule has 164 valence electrons. The summed E-state index contributed by atoms with van der Waals surface area (Å²) in [6.07, 6.45) is 17.1. The van der Waals surface area contributed by atoms with Gasteiger partial charge >= 0.3 is 0 Å². The number of methoxy groups -OCH3 is 1. The van der Waals surface area contributed by atoms with Gasteiger partial charge in [-0.1, -0.05) is 45.1 Å². The van der Waals surface area contributed by atoms with Gasteiger partial charge < -0.3 is 9.16 Å². The minimum atomic E-state index is -1.83. The summed E-state index contributed by atoms with van der Waals surface area (Å²) < 4.78 is 11.6. The van der Waals surface area contributed by atoms with Crippen LogP contribution in [0.3, 0.4) is 0 Å². The average molecular weight is 421 g/mol. The van der Waals surface area contributed by atoms with Gasteiger partial charge in [0.1, 0.15) is 5.60 Å². The number of hydrogen-bond donors (Lipinski definition) is 0. The van der Waals surface area contributed by atoms with E-state index < -0.39 is 13.9 Å². The zero-order valence-corrected chi connectivity index (χ0v) is 20.1. The van der Waals surface area contributed by atoms with E-state index in [-0.39, 0.29) is 5.78 Å². The molecule has 4 nitrogen and oxygen atoms in total. The van der Waals surface area contributed by atoms with E-state index in [1.807, 2.05) is 12.0 Å². The Morgan fingerprint density at radius 3 is 2.41 bits per heavy atom. The fourth-order valence-electron chi connectivity index (χ4n) is 3.82. The molecule has 0 radical (unpaired) electrons. The smallest absolute Gasteiger partial charge is 0.185 e. The molecule has 1 aliphatic rings. The summed E-state index contributed by atoms with van der Waals surface area (Å²) in [4.78, 5) is 23.3. The van der Waals surface area contributed by atoms with Crippen molar-refractivity contribution in [2.75, 3.05) is 7.11 Å². The third kappa shape index (κ3) is 9.29. The van der Waals surface area contributed by atoms with Crippen molar-refractivity contribution in [3.05, 3.63) is 29.6 Å². The summed E-state index contributed by atoms with van der Waals surface area (Å²) in [5, 5.41) is 0. The van der Waals surface area contributed by atoms with Gasteiger partial charge in [-0.05, 0) is 63.9 Å². The molecule has 5 heteroatoms. The molecule has 0 aromatic heterocycles. The molecular formula is C24H40O4Si. The van der Waals surface area contributed by atoms with Crippen LogP contribution in [0.5, 0.6) is 0 Å². The van der Waals surface area contributed by atoms with Gasteiger partial charge in [-0.25, -0.2) is 4.79 Å². The highest BCUT2D eigenvalue weighted by molar-refractivity contribution is 6.70. The average Bonchev–Trinajstić information content (AvgIpc) is 2.95. The zero-order valence-electron chi connectivity index (χ0n) is 19.1. The molecule has 0 aromatic rings. The quantitative estimate of drug-likeness (QED) is 0.102. The normalized spacial score (nSPS) is 20.3. The number of carbonyl (C=O) groups excluding carboxylic acids is 2. The molecule has 0 saturated carbocycles. The maximum atomic E-state index is 12.6. The van der Waals surface area contributed by atoms with Crippen LogP contribution in [-0.2, 0) is 18.8 Å². The van der Waals surface area contributed by atoms with Crippen LogP contribution < -0.4 is 0 Å². The minimum Gasteiger partial charge on any atom is -0.490 e.